The second-order valence-corrected chi connectivity index (χ2v) is 6.83. The van der Waals surface area contributed by atoms with E-state index in [-0.39, 0.29) is 31.0 Å². The Morgan fingerprint density at radius 2 is 1.79 bits per heavy atom. The summed E-state index contributed by atoms with van der Waals surface area (Å²) in [5.74, 6) is 0.125. The summed E-state index contributed by atoms with van der Waals surface area (Å²) in [6, 6.07) is 16.9. The van der Waals surface area contributed by atoms with Crippen LogP contribution < -0.4 is 10.9 Å². The van der Waals surface area contributed by atoms with E-state index in [1.54, 1.807) is 6.92 Å². The molecule has 3 rings (SSSR count). The van der Waals surface area contributed by atoms with E-state index in [9.17, 15) is 14.7 Å². The lowest BCUT2D eigenvalue weighted by Gasteiger charge is -2.16. The van der Waals surface area contributed by atoms with Crippen LogP contribution in [0.25, 0.3) is 11.4 Å². The minimum atomic E-state index is -0.311. The molecule has 0 spiro atoms. The lowest BCUT2D eigenvalue weighted by Crippen LogP contribution is -2.33. The van der Waals surface area contributed by atoms with Crippen LogP contribution in [-0.4, -0.2) is 27.2 Å². The Labute approximate surface area is 169 Å². The number of amides is 1. The average Bonchev–Trinajstić information content (AvgIpc) is 2.74. The lowest BCUT2D eigenvalue weighted by molar-refractivity contribution is -0.116. The predicted molar refractivity (Wildman–Crippen MR) is 114 cm³/mol. The highest BCUT2D eigenvalue weighted by atomic mass is 16.3. The highest BCUT2D eigenvalue weighted by Gasteiger charge is 2.17. The van der Waals surface area contributed by atoms with Crippen LogP contribution in [0, 0.1) is 6.92 Å². The molecular weight excluding hydrogens is 366 g/mol. The van der Waals surface area contributed by atoms with Crippen LogP contribution in [0.1, 0.15) is 23.7 Å². The van der Waals surface area contributed by atoms with Crippen molar-refractivity contribution in [2.45, 2.75) is 33.2 Å². The fourth-order valence-electron chi connectivity index (χ4n) is 3.22. The standard InChI is InChI=1S/C23H25N3O3/c1-3-17-9-11-19(12-10-17)25-21(28)15-26-22(18-7-5-4-6-8-18)24-16(2)20(13-14-27)23(26)29/h4-12,27H,3,13-15H2,1-2H3,(H,25,28). The molecule has 1 aromatic heterocycles. The monoisotopic (exact) mass is 391 g/mol. The summed E-state index contributed by atoms with van der Waals surface area (Å²) in [6.07, 6.45) is 1.12. The molecule has 6 heteroatoms. The van der Waals surface area contributed by atoms with Gasteiger partial charge in [-0.15, -0.1) is 0 Å². The van der Waals surface area contributed by atoms with Crippen LogP contribution in [0.5, 0.6) is 0 Å². The Balaban J connectivity index is 1.96. The van der Waals surface area contributed by atoms with Crippen molar-refractivity contribution in [3.63, 3.8) is 0 Å². The number of hydrogen-bond donors (Lipinski definition) is 2. The maximum absolute atomic E-state index is 13.1. The molecule has 0 fully saturated rings. The van der Waals surface area contributed by atoms with E-state index in [2.05, 4.69) is 17.2 Å². The number of nitrogens with zero attached hydrogens (tertiary/aromatic N) is 2. The van der Waals surface area contributed by atoms with Gasteiger partial charge in [-0.1, -0.05) is 49.4 Å². The number of benzene rings is 2. The fraction of sp³-hybridized carbons (Fsp3) is 0.261. The molecule has 29 heavy (non-hydrogen) atoms. The Kier molecular flexibility index (Phi) is 6.57. The van der Waals surface area contributed by atoms with E-state index in [1.807, 2.05) is 54.6 Å². The van der Waals surface area contributed by atoms with Gasteiger partial charge in [0.05, 0.1) is 0 Å². The molecule has 0 unspecified atom stereocenters. The maximum Gasteiger partial charge on any atom is 0.257 e. The average molecular weight is 391 g/mol. The molecule has 0 atom stereocenters. The van der Waals surface area contributed by atoms with Crippen LogP contribution in [0.4, 0.5) is 5.69 Å². The quantitative estimate of drug-likeness (QED) is 0.649. The second kappa shape index (κ2) is 9.30. The summed E-state index contributed by atoms with van der Waals surface area (Å²) < 4.78 is 1.38. The van der Waals surface area contributed by atoms with Crippen LogP contribution in [0.15, 0.2) is 59.4 Å². The zero-order valence-corrected chi connectivity index (χ0v) is 16.7. The van der Waals surface area contributed by atoms with Gasteiger partial charge in [-0.05, 0) is 31.0 Å². The first-order valence-electron chi connectivity index (χ1n) is 9.68. The number of rotatable bonds is 7. The van der Waals surface area contributed by atoms with Crippen molar-refractivity contribution < 1.29 is 9.90 Å². The first-order valence-corrected chi connectivity index (χ1v) is 9.68. The third kappa shape index (κ3) is 4.78. The molecule has 0 aliphatic carbocycles. The largest absolute Gasteiger partial charge is 0.396 e. The van der Waals surface area contributed by atoms with Gasteiger partial charge in [0.1, 0.15) is 12.4 Å². The molecule has 150 valence electrons. The van der Waals surface area contributed by atoms with Crippen molar-refractivity contribution in [1.29, 1.82) is 0 Å². The number of anilines is 1. The van der Waals surface area contributed by atoms with Crippen LogP contribution in [-0.2, 0) is 24.2 Å². The number of aliphatic hydroxyl groups excluding tert-OH is 1. The Hall–Kier alpha value is -3.25. The van der Waals surface area contributed by atoms with Crippen LogP contribution in [0.3, 0.4) is 0 Å². The van der Waals surface area contributed by atoms with E-state index < -0.39 is 0 Å². The number of carbonyl (C=O) groups is 1. The third-order valence-corrected chi connectivity index (χ3v) is 4.81. The Morgan fingerprint density at radius 1 is 1.10 bits per heavy atom. The van der Waals surface area contributed by atoms with Crippen LogP contribution in [0.2, 0.25) is 0 Å². The van der Waals surface area contributed by atoms with E-state index in [1.165, 1.54) is 10.1 Å². The Morgan fingerprint density at radius 3 is 2.41 bits per heavy atom. The fourth-order valence-corrected chi connectivity index (χ4v) is 3.22. The smallest absolute Gasteiger partial charge is 0.257 e. The van der Waals surface area contributed by atoms with Crippen molar-refractivity contribution in [3.05, 3.63) is 81.8 Å². The zero-order valence-electron chi connectivity index (χ0n) is 16.7. The summed E-state index contributed by atoms with van der Waals surface area (Å²) in [5, 5.41) is 12.1. The highest BCUT2D eigenvalue weighted by Crippen LogP contribution is 2.18. The van der Waals surface area contributed by atoms with Crippen molar-refractivity contribution in [2.75, 3.05) is 11.9 Å². The molecule has 0 bridgehead atoms. The second-order valence-electron chi connectivity index (χ2n) is 6.83. The molecule has 2 N–H and O–H groups in total. The number of carbonyl (C=O) groups excluding carboxylic acids is 1. The molecule has 0 saturated carbocycles. The summed E-state index contributed by atoms with van der Waals surface area (Å²) in [6.45, 7) is 3.50. The molecule has 0 radical (unpaired) electrons. The number of hydrogen-bond acceptors (Lipinski definition) is 4. The molecule has 0 aliphatic rings. The molecular formula is C23H25N3O3. The van der Waals surface area contributed by atoms with Gasteiger partial charge < -0.3 is 10.4 Å². The molecule has 6 nitrogen and oxygen atoms in total. The summed E-state index contributed by atoms with van der Waals surface area (Å²) >= 11 is 0. The molecule has 3 aromatic rings. The normalized spacial score (nSPS) is 10.7. The maximum atomic E-state index is 13.1. The van der Waals surface area contributed by atoms with Gasteiger partial charge in [0.25, 0.3) is 5.56 Å². The van der Waals surface area contributed by atoms with Gasteiger partial charge in [-0.2, -0.15) is 0 Å². The summed E-state index contributed by atoms with van der Waals surface area (Å²) in [7, 11) is 0. The Bertz CT molecular complexity index is 1040. The van der Waals surface area contributed by atoms with Crippen molar-refractivity contribution >= 4 is 11.6 Å². The van der Waals surface area contributed by atoms with E-state index in [0.29, 0.717) is 22.8 Å². The molecule has 1 amide bonds. The number of aromatic nitrogens is 2. The zero-order chi connectivity index (χ0) is 20.8. The summed E-state index contributed by atoms with van der Waals surface area (Å²) in [4.78, 5) is 30.3. The third-order valence-electron chi connectivity index (χ3n) is 4.81. The molecule has 1 heterocycles. The number of aliphatic hydroxyl groups is 1. The molecule has 0 saturated heterocycles. The highest BCUT2D eigenvalue weighted by molar-refractivity contribution is 5.90. The van der Waals surface area contributed by atoms with Gasteiger partial charge in [0.15, 0.2) is 0 Å². The van der Waals surface area contributed by atoms with Gasteiger partial charge >= 0.3 is 0 Å². The van der Waals surface area contributed by atoms with E-state index in [0.717, 1.165) is 12.0 Å². The van der Waals surface area contributed by atoms with Gasteiger partial charge in [0, 0.05) is 35.5 Å². The van der Waals surface area contributed by atoms with E-state index >= 15 is 0 Å². The topological polar surface area (TPSA) is 84.2 Å². The van der Waals surface area contributed by atoms with Crippen molar-refractivity contribution in [1.82, 2.24) is 9.55 Å². The summed E-state index contributed by atoms with van der Waals surface area (Å²) in [5.41, 5.74) is 3.30. The minimum Gasteiger partial charge on any atom is -0.396 e. The number of nitrogens with one attached hydrogen (secondary N) is 1. The van der Waals surface area contributed by atoms with Crippen LogP contribution >= 0.6 is 0 Å². The predicted octanol–water partition coefficient (Wildman–Crippen LogP) is 2.95. The van der Waals surface area contributed by atoms with E-state index in [4.69, 9.17) is 0 Å². The SMILES string of the molecule is CCc1ccc(NC(=O)Cn2c(-c3ccccc3)nc(C)c(CCO)c2=O)cc1. The first kappa shape index (κ1) is 20.5. The van der Waals surface area contributed by atoms with Crippen molar-refractivity contribution in [2.24, 2.45) is 0 Å². The molecule has 0 aliphatic heterocycles. The van der Waals surface area contributed by atoms with Crippen molar-refractivity contribution in [3.8, 4) is 11.4 Å². The first-order chi connectivity index (χ1) is 14.0. The lowest BCUT2D eigenvalue weighted by atomic mass is 10.1. The number of aryl methyl sites for hydroxylation is 2. The van der Waals surface area contributed by atoms with Gasteiger partial charge in [0.2, 0.25) is 5.91 Å². The minimum absolute atomic E-state index is 0.154. The molecule has 2 aromatic carbocycles. The van der Waals surface area contributed by atoms with Gasteiger partial charge in [-0.25, -0.2) is 4.98 Å². The van der Waals surface area contributed by atoms with Gasteiger partial charge in [-0.3, -0.25) is 14.2 Å².